The lowest BCUT2D eigenvalue weighted by molar-refractivity contribution is 0.415. The number of nitrogens with one attached hydrogen (secondary N) is 2. The van der Waals surface area contributed by atoms with Crippen LogP contribution < -0.4 is 15.4 Å². The highest BCUT2D eigenvalue weighted by Gasteiger charge is 2.02. The first kappa shape index (κ1) is 17.0. The molecule has 0 aliphatic rings. The molecule has 3 aromatic rings. The molecular weight excluding hydrogens is 332 g/mol. The average molecular weight is 352 g/mol. The quantitative estimate of drug-likeness (QED) is 0.686. The number of aryl methyl sites for hydroxylation is 1. The molecule has 0 saturated carbocycles. The Bertz CT molecular complexity index is 841. The van der Waals surface area contributed by atoms with Crippen LogP contribution in [-0.4, -0.2) is 21.8 Å². The van der Waals surface area contributed by atoms with Gasteiger partial charge in [0.25, 0.3) is 0 Å². The molecule has 0 amide bonds. The van der Waals surface area contributed by atoms with E-state index in [0.717, 1.165) is 28.5 Å². The number of ether oxygens (including phenoxy) is 1. The van der Waals surface area contributed by atoms with Gasteiger partial charge < -0.3 is 19.9 Å². The number of anilines is 1. The summed E-state index contributed by atoms with van der Waals surface area (Å²) in [6.45, 7) is 2.64. The molecule has 5 nitrogen and oxygen atoms in total. The van der Waals surface area contributed by atoms with Gasteiger partial charge in [-0.1, -0.05) is 12.1 Å². The predicted molar refractivity (Wildman–Crippen MR) is 104 cm³/mol. The van der Waals surface area contributed by atoms with E-state index in [1.807, 2.05) is 42.0 Å². The van der Waals surface area contributed by atoms with Gasteiger partial charge in [0, 0.05) is 30.3 Å². The van der Waals surface area contributed by atoms with Gasteiger partial charge in [0.05, 0.1) is 7.11 Å². The van der Waals surface area contributed by atoms with Gasteiger partial charge in [-0.05, 0) is 61.1 Å². The van der Waals surface area contributed by atoms with Crippen LogP contribution >= 0.6 is 12.2 Å². The zero-order valence-electron chi connectivity index (χ0n) is 14.2. The fraction of sp³-hybridized carbons (Fsp3) is 0.158. The Labute approximate surface area is 152 Å². The highest BCUT2D eigenvalue weighted by Crippen LogP contribution is 2.15. The molecule has 0 radical (unpaired) electrons. The number of imidazole rings is 1. The van der Waals surface area contributed by atoms with Gasteiger partial charge in [-0.3, -0.25) is 0 Å². The summed E-state index contributed by atoms with van der Waals surface area (Å²) < 4.78 is 7.19. The van der Waals surface area contributed by atoms with Crippen LogP contribution in [0.15, 0.2) is 60.9 Å². The topological polar surface area (TPSA) is 51.1 Å². The van der Waals surface area contributed by atoms with Crippen LogP contribution in [0.2, 0.25) is 0 Å². The van der Waals surface area contributed by atoms with E-state index in [1.165, 1.54) is 0 Å². The lowest BCUT2D eigenvalue weighted by atomic mass is 10.2. The van der Waals surface area contributed by atoms with E-state index in [9.17, 15) is 0 Å². The Morgan fingerprint density at radius 2 is 1.84 bits per heavy atom. The number of aromatic nitrogens is 2. The van der Waals surface area contributed by atoms with Crippen molar-refractivity contribution >= 4 is 23.0 Å². The molecule has 1 aromatic heterocycles. The van der Waals surface area contributed by atoms with Crippen molar-refractivity contribution in [3.63, 3.8) is 0 Å². The van der Waals surface area contributed by atoms with Gasteiger partial charge in [-0.2, -0.15) is 0 Å². The van der Waals surface area contributed by atoms with Crippen LogP contribution in [0.3, 0.4) is 0 Å². The third-order valence-electron chi connectivity index (χ3n) is 3.84. The Morgan fingerprint density at radius 3 is 2.44 bits per heavy atom. The minimum absolute atomic E-state index is 0.583. The SMILES string of the molecule is COc1ccc(NC(=S)NCc2ccc(-n3ccnc3C)cc2)cc1. The van der Waals surface area contributed by atoms with Crippen LogP contribution in [-0.2, 0) is 6.54 Å². The minimum atomic E-state index is 0.583. The van der Waals surface area contributed by atoms with Gasteiger partial charge in [0.2, 0.25) is 0 Å². The van der Waals surface area contributed by atoms with Gasteiger partial charge in [0.15, 0.2) is 5.11 Å². The van der Waals surface area contributed by atoms with Crippen molar-refractivity contribution < 1.29 is 4.74 Å². The van der Waals surface area contributed by atoms with E-state index in [4.69, 9.17) is 17.0 Å². The molecule has 0 aliphatic heterocycles. The first-order valence-electron chi connectivity index (χ1n) is 7.94. The summed E-state index contributed by atoms with van der Waals surface area (Å²) in [5.74, 6) is 1.79. The Kier molecular flexibility index (Phi) is 5.30. The van der Waals surface area contributed by atoms with Crippen LogP contribution in [0.1, 0.15) is 11.4 Å². The van der Waals surface area contributed by atoms with Crippen LogP contribution in [0.5, 0.6) is 5.75 Å². The lowest BCUT2D eigenvalue weighted by Crippen LogP contribution is -2.27. The number of thiocarbonyl (C=S) groups is 1. The second-order valence-electron chi connectivity index (χ2n) is 5.55. The van der Waals surface area contributed by atoms with Gasteiger partial charge in [-0.25, -0.2) is 4.98 Å². The third-order valence-corrected chi connectivity index (χ3v) is 4.09. The second-order valence-corrected chi connectivity index (χ2v) is 5.96. The van der Waals surface area contributed by atoms with Crippen molar-refractivity contribution in [3.05, 3.63) is 72.3 Å². The largest absolute Gasteiger partial charge is 0.497 e. The normalized spacial score (nSPS) is 10.3. The molecule has 2 aromatic carbocycles. The summed E-state index contributed by atoms with van der Waals surface area (Å²) in [6.07, 6.45) is 3.75. The third kappa shape index (κ3) is 4.36. The zero-order chi connectivity index (χ0) is 17.6. The van der Waals surface area contributed by atoms with E-state index >= 15 is 0 Å². The summed E-state index contributed by atoms with van der Waals surface area (Å²) in [5, 5.41) is 6.95. The number of hydrogen-bond donors (Lipinski definition) is 2. The fourth-order valence-electron chi connectivity index (χ4n) is 2.46. The fourth-order valence-corrected chi connectivity index (χ4v) is 2.65. The minimum Gasteiger partial charge on any atom is -0.497 e. The molecule has 2 N–H and O–H groups in total. The Balaban J connectivity index is 1.54. The van der Waals surface area contributed by atoms with Crippen molar-refractivity contribution in [2.75, 3.05) is 12.4 Å². The highest BCUT2D eigenvalue weighted by atomic mass is 32.1. The molecule has 0 saturated heterocycles. The summed E-state index contributed by atoms with van der Waals surface area (Å²) >= 11 is 5.34. The smallest absolute Gasteiger partial charge is 0.171 e. The highest BCUT2D eigenvalue weighted by molar-refractivity contribution is 7.80. The number of hydrogen-bond acceptors (Lipinski definition) is 3. The van der Waals surface area contributed by atoms with Crippen molar-refractivity contribution in [3.8, 4) is 11.4 Å². The van der Waals surface area contributed by atoms with E-state index < -0.39 is 0 Å². The summed E-state index contributed by atoms with van der Waals surface area (Å²) in [4.78, 5) is 4.24. The number of methoxy groups -OCH3 is 1. The molecule has 0 bridgehead atoms. The maximum Gasteiger partial charge on any atom is 0.171 e. The number of nitrogens with zero attached hydrogens (tertiary/aromatic N) is 2. The van der Waals surface area contributed by atoms with E-state index in [-0.39, 0.29) is 0 Å². The molecule has 25 heavy (non-hydrogen) atoms. The van der Waals surface area contributed by atoms with Crippen molar-refractivity contribution in [1.29, 1.82) is 0 Å². The van der Waals surface area contributed by atoms with Crippen molar-refractivity contribution in [2.45, 2.75) is 13.5 Å². The maximum absolute atomic E-state index is 5.34. The standard InChI is InChI=1S/C19H20N4OS/c1-14-20-11-12-23(14)17-7-3-15(4-8-17)13-21-19(25)22-16-5-9-18(24-2)10-6-16/h3-12H,13H2,1-2H3,(H2,21,22,25). The number of benzene rings is 2. The molecule has 128 valence electrons. The molecule has 6 heteroatoms. The Morgan fingerprint density at radius 1 is 1.12 bits per heavy atom. The van der Waals surface area contributed by atoms with Crippen LogP contribution in [0.4, 0.5) is 5.69 Å². The molecule has 1 heterocycles. The van der Waals surface area contributed by atoms with Crippen LogP contribution in [0, 0.1) is 6.92 Å². The molecule has 0 spiro atoms. The zero-order valence-corrected chi connectivity index (χ0v) is 15.0. The second kappa shape index (κ2) is 7.81. The van der Waals surface area contributed by atoms with Crippen molar-refractivity contribution in [2.24, 2.45) is 0 Å². The van der Waals surface area contributed by atoms with Gasteiger partial charge in [0.1, 0.15) is 11.6 Å². The Hall–Kier alpha value is -2.86. The first-order valence-corrected chi connectivity index (χ1v) is 8.35. The lowest BCUT2D eigenvalue weighted by Gasteiger charge is -2.12. The molecule has 0 atom stereocenters. The summed E-state index contributed by atoms with van der Waals surface area (Å²) in [7, 11) is 1.65. The molecular formula is C19H20N4OS. The molecule has 3 rings (SSSR count). The predicted octanol–water partition coefficient (Wildman–Crippen LogP) is 3.68. The first-order chi connectivity index (χ1) is 12.2. The molecule has 0 aliphatic carbocycles. The maximum atomic E-state index is 5.34. The van der Waals surface area contributed by atoms with E-state index in [0.29, 0.717) is 11.7 Å². The van der Waals surface area contributed by atoms with E-state index in [1.54, 1.807) is 13.3 Å². The summed E-state index contributed by atoms with van der Waals surface area (Å²) in [6, 6.07) is 15.9. The summed E-state index contributed by atoms with van der Waals surface area (Å²) in [5.41, 5.74) is 3.17. The monoisotopic (exact) mass is 352 g/mol. The molecule has 0 unspecified atom stereocenters. The van der Waals surface area contributed by atoms with Gasteiger partial charge in [-0.15, -0.1) is 0 Å². The number of rotatable bonds is 5. The van der Waals surface area contributed by atoms with Gasteiger partial charge >= 0.3 is 0 Å². The van der Waals surface area contributed by atoms with Crippen LogP contribution in [0.25, 0.3) is 5.69 Å². The molecule has 0 fully saturated rings. The van der Waals surface area contributed by atoms with E-state index in [2.05, 4.69) is 39.9 Å². The average Bonchev–Trinajstić information content (AvgIpc) is 3.07. The van der Waals surface area contributed by atoms with Crippen molar-refractivity contribution in [1.82, 2.24) is 14.9 Å².